The third-order valence-electron chi connectivity index (χ3n) is 3.14. The first-order chi connectivity index (χ1) is 5.74. The van der Waals surface area contributed by atoms with Gasteiger partial charge in [0.15, 0.2) is 0 Å². The molecule has 2 aliphatic heterocycles. The van der Waals surface area contributed by atoms with Crippen LogP contribution in [0.25, 0.3) is 0 Å². The van der Waals surface area contributed by atoms with Crippen LogP contribution in [0.15, 0.2) is 0 Å². The number of nitrogens with zero attached hydrogens (tertiary/aromatic N) is 1. The molecular weight excluding hydrogens is 154 g/mol. The molecule has 12 heavy (non-hydrogen) atoms. The zero-order chi connectivity index (χ0) is 8.72. The van der Waals surface area contributed by atoms with E-state index in [2.05, 4.69) is 6.92 Å². The molecule has 0 aromatic heterocycles. The highest BCUT2D eigenvalue weighted by molar-refractivity contribution is 5.69. The topological polar surface area (TPSA) is 29.5 Å². The molecule has 2 saturated heterocycles. The molecule has 1 aliphatic carbocycles. The number of carbonyl (C=O) groups is 1. The van der Waals surface area contributed by atoms with E-state index in [-0.39, 0.29) is 6.09 Å². The first-order valence-corrected chi connectivity index (χ1v) is 4.69. The van der Waals surface area contributed by atoms with Crippen molar-refractivity contribution in [3.8, 4) is 0 Å². The minimum atomic E-state index is -0.116. The van der Waals surface area contributed by atoms with E-state index in [1.165, 1.54) is 12.8 Å². The Morgan fingerprint density at radius 1 is 1.58 bits per heavy atom. The molecule has 1 saturated carbocycles. The summed E-state index contributed by atoms with van der Waals surface area (Å²) in [5.41, 5.74) is 0. The van der Waals surface area contributed by atoms with Gasteiger partial charge in [-0.3, -0.25) is 0 Å². The fraction of sp³-hybridized carbons (Fsp3) is 0.889. The Hall–Kier alpha value is -0.730. The molecule has 3 fully saturated rings. The van der Waals surface area contributed by atoms with Gasteiger partial charge in [-0.2, -0.15) is 0 Å². The first-order valence-electron chi connectivity index (χ1n) is 4.69. The average molecular weight is 169 g/mol. The maximum atomic E-state index is 11.4. The summed E-state index contributed by atoms with van der Waals surface area (Å²) in [6.07, 6.45) is 2.27. The molecule has 3 aliphatic rings. The Bertz CT molecular complexity index is 199. The van der Waals surface area contributed by atoms with Crippen molar-refractivity contribution in [2.24, 2.45) is 5.92 Å². The predicted molar refractivity (Wildman–Crippen MR) is 44.8 cm³/mol. The van der Waals surface area contributed by atoms with Crippen LogP contribution in [0.1, 0.15) is 26.7 Å². The number of rotatable bonds is 1. The van der Waals surface area contributed by atoms with E-state index in [0.717, 1.165) is 5.92 Å². The molecule has 3 nitrogen and oxygen atoms in total. The van der Waals surface area contributed by atoms with Gasteiger partial charge in [-0.05, 0) is 32.6 Å². The minimum absolute atomic E-state index is 0.116. The number of carbonyl (C=O) groups excluding carboxylic acids is 1. The van der Waals surface area contributed by atoms with E-state index in [1.807, 2.05) is 11.8 Å². The van der Waals surface area contributed by atoms with Crippen molar-refractivity contribution in [3.63, 3.8) is 0 Å². The van der Waals surface area contributed by atoms with Crippen molar-refractivity contribution in [2.75, 3.05) is 6.61 Å². The second-order valence-corrected chi connectivity index (χ2v) is 3.73. The van der Waals surface area contributed by atoms with Crippen molar-refractivity contribution >= 4 is 6.09 Å². The predicted octanol–water partition coefficient (Wildman–Crippen LogP) is 1.63. The van der Waals surface area contributed by atoms with Crippen LogP contribution in [-0.4, -0.2) is 29.7 Å². The highest BCUT2D eigenvalue weighted by Crippen LogP contribution is 2.45. The van der Waals surface area contributed by atoms with Crippen molar-refractivity contribution < 1.29 is 9.53 Å². The van der Waals surface area contributed by atoms with Crippen molar-refractivity contribution in [3.05, 3.63) is 0 Å². The first kappa shape index (κ1) is 7.90. The highest BCUT2D eigenvalue weighted by Gasteiger charge is 2.50. The van der Waals surface area contributed by atoms with Crippen LogP contribution in [0.4, 0.5) is 4.79 Å². The van der Waals surface area contributed by atoms with Crippen molar-refractivity contribution in [1.29, 1.82) is 0 Å². The molecule has 0 radical (unpaired) electrons. The molecule has 1 amide bonds. The lowest BCUT2D eigenvalue weighted by molar-refractivity contribution is 0.0979. The number of fused-ring (bicyclic) bond motifs is 1. The van der Waals surface area contributed by atoms with Crippen LogP contribution in [0.2, 0.25) is 0 Å². The van der Waals surface area contributed by atoms with E-state index < -0.39 is 0 Å². The SMILES string of the molecule is CCOC(=O)N1C2CC(C2)[C@H]1C. The van der Waals surface area contributed by atoms with Gasteiger partial charge in [0, 0.05) is 12.1 Å². The summed E-state index contributed by atoms with van der Waals surface area (Å²) in [6, 6.07) is 0.901. The maximum Gasteiger partial charge on any atom is 0.410 e. The van der Waals surface area contributed by atoms with Gasteiger partial charge in [-0.1, -0.05) is 0 Å². The molecule has 68 valence electrons. The van der Waals surface area contributed by atoms with Crippen molar-refractivity contribution in [2.45, 2.75) is 38.8 Å². The molecular formula is C9H15NO2. The largest absolute Gasteiger partial charge is 0.450 e. The van der Waals surface area contributed by atoms with E-state index in [4.69, 9.17) is 4.74 Å². The lowest BCUT2D eigenvalue weighted by atomic mass is 9.83. The Labute approximate surface area is 72.7 Å². The van der Waals surface area contributed by atoms with Gasteiger partial charge in [-0.15, -0.1) is 0 Å². The quantitative estimate of drug-likeness (QED) is 0.597. The summed E-state index contributed by atoms with van der Waals surface area (Å²) >= 11 is 0. The summed E-state index contributed by atoms with van der Waals surface area (Å²) in [5, 5.41) is 0. The van der Waals surface area contributed by atoms with Crippen LogP contribution in [0.3, 0.4) is 0 Å². The fourth-order valence-corrected chi connectivity index (χ4v) is 2.32. The lowest BCUT2D eigenvalue weighted by Gasteiger charge is -2.25. The molecule has 3 heteroatoms. The molecule has 0 aromatic carbocycles. The van der Waals surface area contributed by atoms with Crippen LogP contribution in [0, 0.1) is 5.92 Å². The molecule has 0 unspecified atom stereocenters. The normalized spacial score (nSPS) is 37.8. The third-order valence-corrected chi connectivity index (χ3v) is 3.14. The van der Waals surface area contributed by atoms with E-state index in [0.29, 0.717) is 18.7 Å². The highest BCUT2D eigenvalue weighted by atomic mass is 16.6. The molecule has 0 N–H and O–H groups in total. The van der Waals surface area contributed by atoms with E-state index in [9.17, 15) is 4.79 Å². The van der Waals surface area contributed by atoms with Crippen LogP contribution >= 0.6 is 0 Å². The molecule has 1 atom stereocenters. The fourth-order valence-electron chi connectivity index (χ4n) is 2.32. The Kier molecular flexibility index (Phi) is 1.74. The lowest BCUT2D eigenvalue weighted by Crippen LogP contribution is -2.37. The van der Waals surface area contributed by atoms with Crippen molar-refractivity contribution in [1.82, 2.24) is 4.90 Å². The van der Waals surface area contributed by atoms with Gasteiger partial charge in [-0.25, -0.2) is 4.79 Å². The van der Waals surface area contributed by atoms with E-state index in [1.54, 1.807) is 0 Å². The number of ether oxygens (including phenoxy) is 1. The summed E-state index contributed by atoms with van der Waals surface area (Å²) in [6.45, 7) is 4.46. The van der Waals surface area contributed by atoms with Gasteiger partial charge in [0.1, 0.15) is 0 Å². The summed E-state index contributed by atoms with van der Waals surface area (Å²) in [7, 11) is 0. The minimum Gasteiger partial charge on any atom is -0.450 e. The van der Waals surface area contributed by atoms with Gasteiger partial charge >= 0.3 is 6.09 Å². The van der Waals surface area contributed by atoms with Crippen LogP contribution in [-0.2, 0) is 4.74 Å². The molecule has 2 heterocycles. The van der Waals surface area contributed by atoms with Gasteiger partial charge in [0.2, 0.25) is 0 Å². The van der Waals surface area contributed by atoms with Gasteiger partial charge in [0.05, 0.1) is 6.61 Å². The second-order valence-electron chi connectivity index (χ2n) is 3.73. The summed E-state index contributed by atoms with van der Waals surface area (Å²) in [4.78, 5) is 13.3. The van der Waals surface area contributed by atoms with Crippen LogP contribution in [0.5, 0.6) is 0 Å². The molecule has 0 aromatic rings. The number of amides is 1. The smallest absolute Gasteiger partial charge is 0.410 e. The van der Waals surface area contributed by atoms with Crippen LogP contribution < -0.4 is 0 Å². The average Bonchev–Trinajstić information content (AvgIpc) is 2.38. The Morgan fingerprint density at radius 3 is 2.67 bits per heavy atom. The van der Waals surface area contributed by atoms with Gasteiger partial charge < -0.3 is 9.64 Å². The zero-order valence-electron chi connectivity index (χ0n) is 7.62. The zero-order valence-corrected chi connectivity index (χ0v) is 7.62. The maximum absolute atomic E-state index is 11.4. The molecule has 2 bridgehead atoms. The second kappa shape index (κ2) is 2.64. The molecule has 0 spiro atoms. The monoisotopic (exact) mass is 169 g/mol. The van der Waals surface area contributed by atoms with E-state index >= 15 is 0 Å². The summed E-state index contributed by atoms with van der Waals surface area (Å²) in [5.74, 6) is 0.749. The number of hydrogen-bond acceptors (Lipinski definition) is 2. The molecule has 3 rings (SSSR count). The third kappa shape index (κ3) is 0.919. The number of hydrogen-bond donors (Lipinski definition) is 0. The van der Waals surface area contributed by atoms with Gasteiger partial charge in [0.25, 0.3) is 0 Å². The summed E-state index contributed by atoms with van der Waals surface area (Å²) < 4.78 is 4.98. The Balaban J connectivity index is 1.99. The Morgan fingerprint density at radius 2 is 2.25 bits per heavy atom. The standard InChI is InChI=1S/C9H15NO2/c1-3-12-9(11)10-6(2)7-4-8(10)5-7/h6-8H,3-5H2,1-2H3/t6-,7?,8?/m1/s1.